The molecule has 2 N–H and O–H groups in total. The number of nitrogens with zero attached hydrogens (tertiary/aromatic N) is 1. The van der Waals surface area contributed by atoms with Crippen LogP contribution in [-0.4, -0.2) is 67.6 Å². The van der Waals surface area contributed by atoms with E-state index in [0.29, 0.717) is 0 Å². The van der Waals surface area contributed by atoms with E-state index in [2.05, 4.69) is 10.2 Å². The van der Waals surface area contributed by atoms with Gasteiger partial charge in [-0.3, -0.25) is 4.90 Å². The molecule has 2 aliphatic rings. The Bertz CT molecular complexity index is 250. The molecule has 0 radical (unpaired) electrons. The van der Waals surface area contributed by atoms with E-state index in [4.69, 9.17) is 14.6 Å². The molecule has 0 amide bonds. The molecule has 0 spiro atoms. The largest absolute Gasteiger partial charge is 0.490 e. The van der Waals surface area contributed by atoms with Crippen molar-refractivity contribution in [2.24, 2.45) is 0 Å². The number of carboxylic acids is 1. The fraction of sp³-hybridized carbons (Fsp3) is 0.889. The summed E-state index contributed by atoms with van der Waals surface area (Å²) < 4.78 is 36.9. The number of ether oxygens (including phenoxy) is 1. The molecular formula is C9H15F3N2O3. The van der Waals surface area contributed by atoms with Gasteiger partial charge in [0.1, 0.15) is 0 Å². The first-order valence-electron chi connectivity index (χ1n) is 5.24. The van der Waals surface area contributed by atoms with Crippen LogP contribution in [0.25, 0.3) is 0 Å². The standard InChI is InChI=1S/C7H14N2O.C2HF3O2/c1-3-9(4-2-8-1)7-5-10-6-7;3-2(4,5)1(6)7/h7-8H,1-6H2;(H,6,7). The van der Waals surface area contributed by atoms with Crippen LogP contribution in [0.3, 0.4) is 0 Å². The Hall–Kier alpha value is -0.860. The van der Waals surface area contributed by atoms with E-state index in [-0.39, 0.29) is 0 Å². The summed E-state index contributed by atoms with van der Waals surface area (Å²) in [5.74, 6) is -2.76. The van der Waals surface area contributed by atoms with Crippen LogP contribution < -0.4 is 5.32 Å². The maximum Gasteiger partial charge on any atom is 0.490 e. The highest BCUT2D eigenvalue weighted by atomic mass is 19.4. The van der Waals surface area contributed by atoms with Crippen LogP contribution in [0.4, 0.5) is 13.2 Å². The van der Waals surface area contributed by atoms with Crippen LogP contribution >= 0.6 is 0 Å². The van der Waals surface area contributed by atoms with E-state index < -0.39 is 12.1 Å². The van der Waals surface area contributed by atoms with Crippen molar-refractivity contribution in [3.63, 3.8) is 0 Å². The highest BCUT2D eigenvalue weighted by Crippen LogP contribution is 2.13. The van der Waals surface area contributed by atoms with Gasteiger partial charge in [0.05, 0.1) is 19.3 Å². The van der Waals surface area contributed by atoms with Crippen molar-refractivity contribution < 1.29 is 27.8 Å². The minimum Gasteiger partial charge on any atom is -0.475 e. The molecule has 0 atom stereocenters. The van der Waals surface area contributed by atoms with Crippen molar-refractivity contribution >= 4 is 5.97 Å². The second kappa shape index (κ2) is 6.18. The number of aliphatic carboxylic acids is 1. The molecule has 100 valence electrons. The summed E-state index contributed by atoms with van der Waals surface area (Å²) in [7, 11) is 0. The van der Waals surface area contributed by atoms with Crippen LogP contribution in [0.5, 0.6) is 0 Å². The Morgan fingerprint density at radius 2 is 1.76 bits per heavy atom. The van der Waals surface area contributed by atoms with Gasteiger partial charge in [0.2, 0.25) is 0 Å². The third-order valence-corrected chi connectivity index (χ3v) is 2.53. The lowest BCUT2D eigenvalue weighted by atomic mass is 10.2. The Balaban J connectivity index is 0.000000185. The highest BCUT2D eigenvalue weighted by molar-refractivity contribution is 5.73. The normalized spacial score (nSPS) is 22.3. The Morgan fingerprint density at radius 1 is 1.29 bits per heavy atom. The Morgan fingerprint density at radius 3 is 2.06 bits per heavy atom. The lowest BCUT2D eigenvalue weighted by Crippen LogP contribution is -2.55. The molecule has 17 heavy (non-hydrogen) atoms. The minimum absolute atomic E-state index is 0.738. The van der Waals surface area contributed by atoms with Gasteiger partial charge in [-0.25, -0.2) is 4.79 Å². The van der Waals surface area contributed by atoms with Gasteiger partial charge < -0.3 is 15.2 Å². The molecule has 2 fully saturated rings. The average Bonchev–Trinajstić information content (AvgIpc) is 2.16. The lowest BCUT2D eigenvalue weighted by molar-refractivity contribution is -0.192. The molecule has 0 aromatic heterocycles. The van der Waals surface area contributed by atoms with Gasteiger partial charge in [0.15, 0.2) is 0 Å². The fourth-order valence-electron chi connectivity index (χ4n) is 1.48. The second-order valence-corrected chi connectivity index (χ2v) is 3.78. The summed E-state index contributed by atoms with van der Waals surface area (Å²) >= 11 is 0. The zero-order valence-electron chi connectivity index (χ0n) is 9.16. The minimum atomic E-state index is -5.08. The fourth-order valence-corrected chi connectivity index (χ4v) is 1.48. The molecule has 0 aromatic carbocycles. The SMILES string of the molecule is C1CN(C2COC2)CCN1.O=C(O)C(F)(F)F. The predicted molar refractivity (Wildman–Crippen MR) is 52.7 cm³/mol. The zero-order valence-corrected chi connectivity index (χ0v) is 9.16. The van der Waals surface area contributed by atoms with Gasteiger partial charge in [-0.15, -0.1) is 0 Å². The van der Waals surface area contributed by atoms with Crippen LogP contribution in [0.1, 0.15) is 0 Å². The lowest BCUT2D eigenvalue weighted by Gasteiger charge is -2.39. The van der Waals surface area contributed by atoms with Gasteiger partial charge in [-0.1, -0.05) is 0 Å². The van der Waals surface area contributed by atoms with E-state index in [1.807, 2.05) is 0 Å². The number of alkyl halides is 3. The Labute approximate surface area is 96.5 Å². The van der Waals surface area contributed by atoms with E-state index in [9.17, 15) is 13.2 Å². The number of hydrogen-bond acceptors (Lipinski definition) is 4. The summed E-state index contributed by atoms with van der Waals surface area (Å²) in [6.07, 6.45) is -5.08. The number of rotatable bonds is 1. The molecule has 8 heteroatoms. The number of nitrogens with one attached hydrogen (secondary N) is 1. The third-order valence-electron chi connectivity index (χ3n) is 2.53. The van der Waals surface area contributed by atoms with Crippen molar-refractivity contribution in [2.45, 2.75) is 12.2 Å². The zero-order chi connectivity index (χ0) is 12.9. The quantitative estimate of drug-likeness (QED) is 0.687. The van der Waals surface area contributed by atoms with Gasteiger partial charge >= 0.3 is 12.1 Å². The van der Waals surface area contributed by atoms with Crippen molar-refractivity contribution in [3.05, 3.63) is 0 Å². The number of carboxylic acid groups (broad SMARTS) is 1. The molecule has 2 saturated heterocycles. The summed E-state index contributed by atoms with van der Waals surface area (Å²) in [6, 6.07) is 0.738. The molecule has 0 aromatic rings. The summed E-state index contributed by atoms with van der Waals surface area (Å²) in [5, 5.41) is 10.5. The number of piperazine rings is 1. The first-order chi connectivity index (χ1) is 7.91. The maximum absolute atomic E-state index is 10.6. The van der Waals surface area contributed by atoms with Crippen LogP contribution in [-0.2, 0) is 9.53 Å². The van der Waals surface area contributed by atoms with E-state index >= 15 is 0 Å². The van der Waals surface area contributed by atoms with Crippen LogP contribution in [0.15, 0.2) is 0 Å². The summed E-state index contributed by atoms with van der Waals surface area (Å²) in [4.78, 5) is 11.4. The first kappa shape index (κ1) is 14.2. The van der Waals surface area contributed by atoms with Gasteiger partial charge in [-0.05, 0) is 0 Å². The monoisotopic (exact) mass is 256 g/mol. The van der Waals surface area contributed by atoms with Crippen molar-refractivity contribution in [1.29, 1.82) is 0 Å². The molecule has 0 bridgehead atoms. The van der Waals surface area contributed by atoms with Crippen molar-refractivity contribution in [2.75, 3.05) is 39.4 Å². The predicted octanol–water partition coefficient (Wildman–Crippen LogP) is -0.0763. The first-order valence-corrected chi connectivity index (χ1v) is 5.24. The van der Waals surface area contributed by atoms with E-state index in [1.165, 1.54) is 13.1 Å². The van der Waals surface area contributed by atoms with Gasteiger partial charge in [0.25, 0.3) is 0 Å². The summed E-state index contributed by atoms with van der Waals surface area (Å²) in [6.45, 7) is 6.62. The third kappa shape index (κ3) is 4.88. The van der Waals surface area contributed by atoms with Crippen LogP contribution in [0, 0.1) is 0 Å². The molecule has 5 nitrogen and oxygen atoms in total. The number of hydrogen-bond donors (Lipinski definition) is 2. The van der Waals surface area contributed by atoms with Gasteiger partial charge in [-0.2, -0.15) is 13.2 Å². The molecule has 2 rings (SSSR count). The van der Waals surface area contributed by atoms with Crippen LogP contribution in [0.2, 0.25) is 0 Å². The van der Waals surface area contributed by atoms with E-state index in [1.54, 1.807) is 0 Å². The molecule has 2 heterocycles. The molecule has 0 saturated carbocycles. The second-order valence-electron chi connectivity index (χ2n) is 3.78. The van der Waals surface area contributed by atoms with E-state index in [0.717, 1.165) is 32.3 Å². The van der Waals surface area contributed by atoms with Crippen molar-refractivity contribution in [3.8, 4) is 0 Å². The topological polar surface area (TPSA) is 61.8 Å². The number of halogens is 3. The summed E-state index contributed by atoms with van der Waals surface area (Å²) in [5.41, 5.74) is 0. The molecule has 0 aliphatic carbocycles. The van der Waals surface area contributed by atoms with Gasteiger partial charge in [0, 0.05) is 26.2 Å². The van der Waals surface area contributed by atoms with Crippen molar-refractivity contribution in [1.82, 2.24) is 10.2 Å². The Kier molecular flexibility index (Phi) is 5.16. The maximum atomic E-state index is 10.6. The smallest absolute Gasteiger partial charge is 0.475 e. The molecule has 2 aliphatic heterocycles. The highest BCUT2D eigenvalue weighted by Gasteiger charge is 2.38. The molecule has 0 unspecified atom stereocenters. The average molecular weight is 256 g/mol. The molecular weight excluding hydrogens is 241 g/mol. The number of carbonyl (C=O) groups is 1.